The van der Waals surface area contributed by atoms with E-state index in [2.05, 4.69) is 59.0 Å². The Morgan fingerprint density at radius 3 is 2.52 bits per heavy atom. The summed E-state index contributed by atoms with van der Waals surface area (Å²) in [6.45, 7) is 12.2. The lowest BCUT2D eigenvalue weighted by Crippen LogP contribution is -2.38. The number of nitrogens with zero attached hydrogens (tertiary/aromatic N) is 2. The highest BCUT2D eigenvalue weighted by atomic mass is 16.5. The van der Waals surface area contributed by atoms with Gasteiger partial charge in [0.1, 0.15) is 5.69 Å². The molecule has 1 fully saturated rings. The van der Waals surface area contributed by atoms with Crippen LogP contribution in [0.15, 0.2) is 30.3 Å². The van der Waals surface area contributed by atoms with Crippen LogP contribution >= 0.6 is 0 Å². The molecule has 0 atom stereocenters. The Kier molecular flexibility index (Phi) is 6.69. The van der Waals surface area contributed by atoms with Gasteiger partial charge in [0.15, 0.2) is 0 Å². The third-order valence-corrected chi connectivity index (χ3v) is 5.21. The summed E-state index contributed by atoms with van der Waals surface area (Å²) in [6.07, 6.45) is 0.961. The topological polar surface area (TPSA) is 46.5 Å². The van der Waals surface area contributed by atoms with Crippen molar-refractivity contribution in [2.45, 2.75) is 33.7 Å². The van der Waals surface area contributed by atoms with Gasteiger partial charge < -0.3 is 14.6 Å². The molecule has 1 saturated heterocycles. The number of amides is 1. The molecule has 1 amide bonds. The normalized spacial score (nSPS) is 15.1. The lowest BCUT2D eigenvalue weighted by atomic mass is 10.1. The number of carbonyl (C=O) groups is 1. The number of rotatable bonds is 7. The molecule has 1 aliphatic rings. The molecule has 0 radical (unpaired) electrons. The van der Waals surface area contributed by atoms with Crippen molar-refractivity contribution in [2.24, 2.45) is 0 Å². The largest absolute Gasteiger partial charge is 0.379 e. The smallest absolute Gasteiger partial charge is 0.268 e. The molecule has 0 unspecified atom stereocenters. The predicted octanol–water partition coefficient (Wildman–Crippen LogP) is 2.91. The van der Waals surface area contributed by atoms with E-state index in [4.69, 9.17) is 4.74 Å². The van der Waals surface area contributed by atoms with Crippen LogP contribution in [0.25, 0.3) is 0 Å². The maximum atomic E-state index is 12.8. The molecule has 2 heterocycles. The van der Waals surface area contributed by atoms with Crippen LogP contribution in [0.5, 0.6) is 0 Å². The van der Waals surface area contributed by atoms with Crippen molar-refractivity contribution in [1.29, 1.82) is 0 Å². The Morgan fingerprint density at radius 1 is 1.11 bits per heavy atom. The standard InChI is InChI=1S/C22H31N3O2/c1-17-5-7-20(8-6-17)16-25-19(3)15-18(2)21(25)22(26)23-9-4-10-24-11-13-27-14-12-24/h5-8,15H,4,9-14,16H2,1-3H3,(H,23,26). The van der Waals surface area contributed by atoms with E-state index in [9.17, 15) is 4.79 Å². The second-order valence-corrected chi connectivity index (χ2v) is 7.45. The molecule has 5 heteroatoms. The van der Waals surface area contributed by atoms with E-state index in [0.29, 0.717) is 6.54 Å². The summed E-state index contributed by atoms with van der Waals surface area (Å²) in [5, 5.41) is 3.11. The second kappa shape index (κ2) is 9.20. The molecular formula is C22H31N3O2. The number of carbonyl (C=O) groups excluding carboxylic acids is 1. The second-order valence-electron chi connectivity index (χ2n) is 7.45. The highest BCUT2D eigenvalue weighted by Crippen LogP contribution is 2.17. The van der Waals surface area contributed by atoms with Gasteiger partial charge in [0.25, 0.3) is 5.91 Å². The zero-order chi connectivity index (χ0) is 19.2. The summed E-state index contributed by atoms with van der Waals surface area (Å²) in [4.78, 5) is 15.2. The Balaban J connectivity index is 1.59. The summed E-state index contributed by atoms with van der Waals surface area (Å²) in [7, 11) is 0. The fraction of sp³-hybridized carbons (Fsp3) is 0.500. The summed E-state index contributed by atoms with van der Waals surface area (Å²) < 4.78 is 7.49. The van der Waals surface area contributed by atoms with Gasteiger partial charge in [-0.1, -0.05) is 29.8 Å². The average molecular weight is 370 g/mol. The molecule has 0 saturated carbocycles. The van der Waals surface area contributed by atoms with Crippen LogP contribution in [0.3, 0.4) is 0 Å². The van der Waals surface area contributed by atoms with Gasteiger partial charge in [0, 0.05) is 31.9 Å². The van der Waals surface area contributed by atoms with Gasteiger partial charge in [-0.25, -0.2) is 0 Å². The van der Waals surface area contributed by atoms with Crippen LogP contribution in [-0.4, -0.2) is 54.8 Å². The van der Waals surface area contributed by atoms with Crippen molar-refractivity contribution in [3.05, 3.63) is 58.4 Å². The lowest BCUT2D eigenvalue weighted by molar-refractivity contribution is 0.0374. The number of benzene rings is 1. The highest BCUT2D eigenvalue weighted by Gasteiger charge is 2.17. The van der Waals surface area contributed by atoms with Crippen LogP contribution in [0.4, 0.5) is 0 Å². The first-order valence-corrected chi connectivity index (χ1v) is 9.85. The first-order valence-electron chi connectivity index (χ1n) is 9.85. The van der Waals surface area contributed by atoms with Gasteiger partial charge in [0.05, 0.1) is 13.2 Å². The van der Waals surface area contributed by atoms with Crippen molar-refractivity contribution < 1.29 is 9.53 Å². The predicted molar refractivity (Wildman–Crippen MR) is 108 cm³/mol. The number of morpholine rings is 1. The number of ether oxygens (including phenoxy) is 1. The number of nitrogens with one attached hydrogen (secondary N) is 1. The Morgan fingerprint density at radius 2 is 1.81 bits per heavy atom. The van der Waals surface area contributed by atoms with Crippen LogP contribution in [0, 0.1) is 20.8 Å². The van der Waals surface area contributed by atoms with Crippen molar-refractivity contribution in [2.75, 3.05) is 39.4 Å². The Bertz CT molecular complexity index is 759. The van der Waals surface area contributed by atoms with Gasteiger partial charge in [-0.2, -0.15) is 0 Å². The maximum Gasteiger partial charge on any atom is 0.268 e. The molecule has 1 N–H and O–H groups in total. The van der Waals surface area contributed by atoms with Crippen molar-refractivity contribution >= 4 is 5.91 Å². The molecule has 0 bridgehead atoms. The highest BCUT2D eigenvalue weighted by molar-refractivity contribution is 5.94. The molecular weight excluding hydrogens is 338 g/mol. The minimum atomic E-state index is 0.0229. The summed E-state index contributed by atoms with van der Waals surface area (Å²) in [5.74, 6) is 0.0229. The van der Waals surface area contributed by atoms with E-state index in [1.54, 1.807) is 0 Å². The third-order valence-electron chi connectivity index (χ3n) is 5.21. The molecule has 146 valence electrons. The van der Waals surface area contributed by atoms with Gasteiger partial charge in [-0.05, 0) is 50.9 Å². The zero-order valence-electron chi connectivity index (χ0n) is 16.8. The molecule has 1 aliphatic heterocycles. The van der Waals surface area contributed by atoms with Gasteiger partial charge >= 0.3 is 0 Å². The van der Waals surface area contributed by atoms with Crippen LogP contribution in [0.1, 0.15) is 39.3 Å². The van der Waals surface area contributed by atoms with Crippen LogP contribution in [0.2, 0.25) is 0 Å². The SMILES string of the molecule is Cc1ccc(Cn2c(C)cc(C)c2C(=O)NCCCN2CCOCC2)cc1. The zero-order valence-corrected chi connectivity index (χ0v) is 16.8. The number of hydrogen-bond acceptors (Lipinski definition) is 3. The molecule has 0 spiro atoms. The van der Waals surface area contributed by atoms with Crippen molar-refractivity contribution in [1.82, 2.24) is 14.8 Å². The number of hydrogen-bond donors (Lipinski definition) is 1. The maximum absolute atomic E-state index is 12.8. The monoisotopic (exact) mass is 369 g/mol. The van der Waals surface area contributed by atoms with E-state index in [1.165, 1.54) is 11.1 Å². The average Bonchev–Trinajstić information content (AvgIpc) is 2.94. The lowest BCUT2D eigenvalue weighted by Gasteiger charge is -2.26. The van der Waals surface area contributed by atoms with Gasteiger partial charge in [0.2, 0.25) is 0 Å². The van der Waals surface area contributed by atoms with Crippen molar-refractivity contribution in [3.63, 3.8) is 0 Å². The number of aromatic nitrogens is 1. The summed E-state index contributed by atoms with van der Waals surface area (Å²) in [5.41, 5.74) is 5.38. The minimum absolute atomic E-state index is 0.0229. The molecule has 27 heavy (non-hydrogen) atoms. The summed E-state index contributed by atoms with van der Waals surface area (Å²) >= 11 is 0. The number of aryl methyl sites for hydroxylation is 3. The minimum Gasteiger partial charge on any atom is -0.379 e. The van der Waals surface area contributed by atoms with Gasteiger partial charge in [-0.15, -0.1) is 0 Å². The van der Waals surface area contributed by atoms with Gasteiger partial charge in [-0.3, -0.25) is 9.69 Å². The fourth-order valence-electron chi connectivity index (χ4n) is 3.64. The molecule has 3 rings (SSSR count). The fourth-order valence-corrected chi connectivity index (χ4v) is 3.64. The first kappa shape index (κ1) is 19.6. The van der Waals surface area contributed by atoms with Crippen molar-refractivity contribution in [3.8, 4) is 0 Å². The third kappa shape index (κ3) is 5.21. The van der Waals surface area contributed by atoms with E-state index >= 15 is 0 Å². The van der Waals surface area contributed by atoms with E-state index in [-0.39, 0.29) is 5.91 Å². The molecule has 1 aromatic heterocycles. The van der Waals surface area contributed by atoms with Crippen LogP contribution in [-0.2, 0) is 11.3 Å². The molecule has 5 nitrogen and oxygen atoms in total. The first-order chi connectivity index (χ1) is 13.0. The summed E-state index contributed by atoms with van der Waals surface area (Å²) in [6, 6.07) is 10.6. The Labute approximate surface area is 162 Å². The Hall–Kier alpha value is -2.11. The molecule has 2 aromatic rings. The van der Waals surface area contributed by atoms with Crippen LogP contribution < -0.4 is 5.32 Å². The quantitative estimate of drug-likeness (QED) is 0.764. The van der Waals surface area contributed by atoms with E-state index < -0.39 is 0 Å². The molecule has 1 aromatic carbocycles. The van der Waals surface area contributed by atoms with E-state index in [0.717, 1.165) is 62.8 Å². The molecule has 0 aliphatic carbocycles. The van der Waals surface area contributed by atoms with E-state index in [1.807, 2.05) is 6.92 Å².